The van der Waals surface area contributed by atoms with Gasteiger partial charge >= 0.3 is 0 Å². The standard InChI is InChI=1S/C15H23F2N3O/c1-2-20(12-7-5-11(18)6-8-12)15(21)13-4-3-9-19(13)10-14(16)17/h3-4,9,11-12,14H,2,5-8,10,18H2,1H3. The number of amides is 1. The number of alkyl halides is 2. The Morgan fingerprint density at radius 3 is 2.67 bits per heavy atom. The van der Waals surface area contributed by atoms with Crippen molar-refractivity contribution in [3.63, 3.8) is 0 Å². The molecule has 118 valence electrons. The molecule has 1 aliphatic carbocycles. The first-order valence-electron chi connectivity index (χ1n) is 7.52. The van der Waals surface area contributed by atoms with Crippen molar-refractivity contribution >= 4 is 5.91 Å². The van der Waals surface area contributed by atoms with Gasteiger partial charge in [0, 0.05) is 24.8 Å². The molecule has 0 spiro atoms. The molecule has 6 heteroatoms. The fourth-order valence-electron chi connectivity index (χ4n) is 3.04. The number of nitrogens with zero attached hydrogens (tertiary/aromatic N) is 2. The Balaban J connectivity index is 2.11. The Bertz CT molecular complexity index is 467. The molecule has 21 heavy (non-hydrogen) atoms. The predicted molar refractivity (Wildman–Crippen MR) is 77.4 cm³/mol. The SMILES string of the molecule is CCN(C(=O)c1cccn1CC(F)F)C1CCC(N)CC1. The Morgan fingerprint density at radius 2 is 2.10 bits per heavy atom. The van der Waals surface area contributed by atoms with Gasteiger partial charge in [-0.05, 0) is 44.7 Å². The van der Waals surface area contributed by atoms with Crippen molar-refractivity contribution in [1.82, 2.24) is 9.47 Å². The summed E-state index contributed by atoms with van der Waals surface area (Å²) in [6.45, 7) is 2.06. The van der Waals surface area contributed by atoms with Crippen LogP contribution in [0.4, 0.5) is 8.78 Å². The maximum atomic E-state index is 12.6. The van der Waals surface area contributed by atoms with E-state index in [0.29, 0.717) is 12.2 Å². The molecule has 1 aromatic heterocycles. The average molecular weight is 299 g/mol. The summed E-state index contributed by atoms with van der Waals surface area (Å²) in [4.78, 5) is 14.4. The van der Waals surface area contributed by atoms with Crippen LogP contribution in [0.15, 0.2) is 18.3 Å². The molecule has 0 bridgehead atoms. The van der Waals surface area contributed by atoms with Gasteiger partial charge in [-0.25, -0.2) is 8.78 Å². The summed E-state index contributed by atoms with van der Waals surface area (Å²) in [5.41, 5.74) is 6.24. The zero-order chi connectivity index (χ0) is 15.4. The smallest absolute Gasteiger partial charge is 0.270 e. The predicted octanol–water partition coefficient (Wildman–Crippen LogP) is 2.49. The molecule has 4 nitrogen and oxygen atoms in total. The van der Waals surface area contributed by atoms with Crippen molar-refractivity contribution in [2.45, 2.75) is 57.7 Å². The third kappa shape index (κ3) is 3.81. The fourth-order valence-corrected chi connectivity index (χ4v) is 3.04. The van der Waals surface area contributed by atoms with Crippen molar-refractivity contribution in [3.05, 3.63) is 24.0 Å². The van der Waals surface area contributed by atoms with Crippen molar-refractivity contribution in [2.75, 3.05) is 6.54 Å². The molecule has 1 fully saturated rings. The van der Waals surface area contributed by atoms with Crippen LogP contribution in [0.5, 0.6) is 0 Å². The Hall–Kier alpha value is -1.43. The van der Waals surface area contributed by atoms with Crippen molar-refractivity contribution in [2.24, 2.45) is 5.73 Å². The monoisotopic (exact) mass is 299 g/mol. The van der Waals surface area contributed by atoms with Crippen molar-refractivity contribution in [1.29, 1.82) is 0 Å². The highest BCUT2D eigenvalue weighted by Crippen LogP contribution is 2.23. The fraction of sp³-hybridized carbons (Fsp3) is 0.667. The number of carbonyl (C=O) groups excluding carboxylic acids is 1. The molecule has 1 saturated carbocycles. The Morgan fingerprint density at radius 1 is 1.43 bits per heavy atom. The third-order valence-electron chi connectivity index (χ3n) is 4.17. The number of aromatic nitrogens is 1. The van der Waals surface area contributed by atoms with Gasteiger partial charge < -0.3 is 15.2 Å². The van der Waals surface area contributed by atoms with Crippen LogP contribution >= 0.6 is 0 Å². The van der Waals surface area contributed by atoms with Crippen LogP contribution < -0.4 is 5.73 Å². The molecular weight excluding hydrogens is 276 g/mol. The number of nitrogens with two attached hydrogens (primary N) is 1. The highest BCUT2D eigenvalue weighted by Gasteiger charge is 2.28. The van der Waals surface area contributed by atoms with Crippen molar-refractivity contribution in [3.8, 4) is 0 Å². The van der Waals surface area contributed by atoms with Crippen LogP contribution in [-0.4, -0.2) is 40.4 Å². The van der Waals surface area contributed by atoms with Crippen LogP contribution in [-0.2, 0) is 6.54 Å². The molecule has 0 aliphatic heterocycles. The zero-order valence-electron chi connectivity index (χ0n) is 12.3. The highest BCUT2D eigenvalue weighted by molar-refractivity contribution is 5.93. The lowest BCUT2D eigenvalue weighted by Crippen LogP contribution is -2.44. The molecular formula is C15H23F2N3O. The van der Waals surface area contributed by atoms with Crippen LogP contribution in [0.1, 0.15) is 43.1 Å². The first kappa shape index (κ1) is 15.9. The second kappa shape index (κ2) is 7.02. The molecule has 2 N–H and O–H groups in total. The number of halogens is 2. The largest absolute Gasteiger partial charge is 0.338 e. The van der Waals surface area contributed by atoms with E-state index in [1.807, 2.05) is 6.92 Å². The highest BCUT2D eigenvalue weighted by atomic mass is 19.3. The van der Waals surface area contributed by atoms with E-state index in [1.54, 1.807) is 17.0 Å². The van der Waals surface area contributed by atoms with E-state index in [1.165, 1.54) is 10.8 Å². The summed E-state index contributed by atoms with van der Waals surface area (Å²) in [5, 5.41) is 0. The lowest BCUT2D eigenvalue weighted by Gasteiger charge is -2.35. The lowest BCUT2D eigenvalue weighted by molar-refractivity contribution is 0.0621. The molecule has 1 amide bonds. The molecule has 1 aliphatic rings. The van der Waals surface area contributed by atoms with Crippen LogP contribution in [0.3, 0.4) is 0 Å². The van der Waals surface area contributed by atoms with E-state index in [2.05, 4.69) is 0 Å². The molecule has 0 atom stereocenters. The first-order chi connectivity index (χ1) is 10.0. The van der Waals surface area contributed by atoms with Crippen LogP contribution in [0.25, 0.3) is 0 Å². The van der Waals surface area contributed by atoms with E-state index in [0.717, 1.165) is 25.7 Å². The minimum Gasteiger partial charge on any atom is -0.338 e. The number of hydrogen-bond acceptors (Lipinski definition) is 2. The van der Waals surface area contributed by atoms with E-state index in [-0.39, 0.29) is 18.0 Å². The lowest BCUT2D eigenvalue weighted by atomic mass is 9.90. The minimum absolute atomic E-state index is 0.163. The van der Waals surface area contributed by atoms with Crippen LogP contribution in [0.2, 0.25) is 0 Å². The molecule has 0 radical (unpaired) electrons. The van der Waals surface area contributed by atoms with Gasteiger partial charge in [0.15, 0.2) is 0 Å². The molecule has 1 heterocycles. The van der Waals surface area contributed by atoms with Gasteiger partial charge in [0.2, 0.25) is 0 Å². The molecule has 0 aromatic carbocycles. The van der Waals surface area contributed by atoms with Gasteiger partial charge in [-0.15, -0.1) is 0 Å². The van der Waals surface area contributed by atoms with Gasteiger partial charge in [-0.1, -0.05) is 0 Å². The van der Waals surface area contributed by atoms with E-state index in [4.69, 9.17) is 5.73 Å². The first-order valence-corrected chi connectivity index (χ1v) is 7.52. The summed E-state index contributed by atoms with van der Waals surface area (Å²) >= 11 is 0. The maximum Gasteiger partial charge on any atom is 0.270 e. The molecule has 0 saturated heterocycles. The maximum absolute atomic E-state index is 12.6. The average Bonchev–Trinajstić information content (AvgIpc) is 2.88. The Kier molecular flexibility index (Phi) is 5.33. The van der Waals surface area contributed by atoms with Crippen LogP contribution in [0, 0.1) is 0 Å². The number of hydrogen-bond donors (Lipinski definition) is 1. The summed E-state index contributed by atoms with van der Waals surface area (Å²) in [6.07, 6.45) is 2.65. The van der Waals surface area contributed by atoms with E-state index < -0.39 is 13.0 Å². The molecule has 0 unspecified atom stereocenters. The van der Waals surface area contributed by atoms with Gasteiger partial charge in [0.1, 0.15) is 5.69 Å². The Labute approximate surface area is 123 Å². The van der Waals surface area contributed by atoms with E-state index >= 15 is 0 Å². The van der Waals surface area contributed by atoms with Crippen molar-refractivity contribution < 1.29 is 13.6 Å². The topological polar surface area (TPSA) is 51.3 Å². The summed E-state index contributed by atoms with van der Waals surface area (Å²) in [5.74, 6) is -0.163. The summed E-state index contributed by atoms with van der Waals surface area (Å²) in [6, 6.07) is 3.64. The summed E-state index contributed by atoms with van der Waals surface area (Å²) in [7, 11) is 0. The van der Waals surface area contributed by atoms with Gasteiger partial charge in [-0.2, -0.15) is 0 Å². The second-order valence-electron chi connectivity index (χ2n) is 5.60. The summed E-state index contributed by atoms with van der Waals surface area (Å²) < 4.78 is 26.5. The van der Waals surface area contributed by atoms with Gasteiger partial charge in [0.05, 0.1) is 6.54 Å². The molecule has 2 rings (SSSR count). The number of rotatable bonds is 5. The minimum atomic E-state index is -2.47. The normalized spacial score (nSPS) is 22.5. The quantitative estimate of drug-likeness (QED) is 0.908. The van der Waals surface area contributed by atoms with E-state index in [9.17, 15) is 13.6 Å². The second-order valence-corrected chi connectivity index (χ2v) is 5.60. The van der Waals surface area contributed by atoms with Gasteiger partial charge in [0.25, 0.3) is 12.3 Å². The molecule has 1 aromatic rings. The zero-order valence-corrected chi connectivity index (χ0v) is 12.3. The third-order valence-corrected chi connectivity index (χ3v) is 4.17. The van der Waals surface area contributed by atoms with Gasteiger partial charge in [-0.3, -0.25) is 4.79 Å². The number of carbonyl (C=O) groups is 1.